The van der Waals surface area contributed by atoms with E-state index < -0.39 is 60.3 Å². The van der Waals surface area contributed by atoms with Crippen LogP contribution in [0.1, 0.15) is 38.5 Å². The molecular weight excluding hydrogens is 432 g/mol. The van der Waals surface area contributed by atoms with Gasteiger partial charge in [-0.2, -0.15) is 0 Å². The molecule has 32 heavy (non-hydrogen) atoms. The van der Waals surface area contributed by atoms with Gasteiger partial charge in [-0.05, 0) is 38.5 Å². The lowest BCUT2D eigenvalue weighted by Gasteiger charge is -2.25. The summed E-state index contributed by atoms with van der Waals surface area (Å²) in [5.41, 5.74) is 10.7. The van der Waals surface area contributed by atoms with Crippen molar-refractivity contribution in [3.63, 3.8) is 0 Å². The Morgan fingerprint density at radius 3 is 1.22 bits per heavy atom. The number of aliphatic hydroxyl groups excluding tert-OH is 4. The molecule has 0 unspecified atom stereocenters. The first-order chi connectivity index (χ1) is 14.9. The van der Waals surface area contributed by atoms with Crippen LogP contribution in [0, 0.1) is 0 Å². The number of amides is 2. The second-order valence-corrected chi connectivity index (χ2v) is 7.33. The van der Waals surface area contributed by atoms with Crippen molar-refractivity contribution >= 4 is 23.8 Å². The summed E-state index contributed by atoms with van der Waals surface area (Å²) in [4.78, 5) is 44.9. The average Bonchev–Trinajstić information content (AvgIpc) is 2.75. The van der Waals surface area contributed by atoms with Crippen molar-refractivity contribution in [1.82, 2.24) is 10.6 Å². The lowest BCUT2D eigenvalue weighted by Crippen LogP contribution is -2.54. The average molecular weight is 466 g/mol. The first kappa shape index (κ1) is 29.6. The number of carboxylic acids is 2. The van der Waals surface area contributed by atoms with Crippen LogP contribution in [0.4, 0.5) is 0 Å². The molecule has 0 aromatic rings. The molecule has 14 heteroatoms. The predicted molar refractivity (Wildman–Crippen MR) is 109 cm³/mol. The third-order valence-corrected chi connectivity index (χ3v) is 4.65. The number of aliphatic hydroxyl groups is 4. The van der Waals surface area contributed by atoms with Gasteiger partial charge in [0.15, 0.2) is 12.2 Å². The molecule has 0 aromatic heterocycles. The summed E-state index contributed by atoms with van der Waals surface area (Å²) in [6.45, 7) is 0.0826. The lowest BCUT2D eigenvalue weighted by atomic mass is 10.0. The molecule has 0 bridgehead atoms. The van der Waals surface area contributed by atoms with E-state index in [0.29, 0.717) is 25.7 Å². The number of carbonyl (C=O) groups is 4. The van der Waals surface area contributed by atoms with E-state index in [1.54, 1.807) is 0 Å². The smallest absolute Gasteiger partial charge is 0.320 e. The molecule has 2 amide bonds. The van der Waals surface area contributed by atoms with Crippen LogP contribution in [0.5, 0.6) is 0 Å². The summed E-state index contributed by atoms with van der Waals surface area (Å²) >= 11 is 0. The Balaban J connectivity index is 4.27. The van der Waals surface area contributed by atoms with Crippen LogP contribution in [0.3, 0.4) is 0 Å². The highest BCUT2D eigenvalue weighted by Gasteiger charge is 2.37. The Kier molecular flexibility index (Phi) is 14.3. The highest BCUT2D eigenvalue weighted by molar-refractivity contribution is 5.83. The van der Waals surface area contributed by atoms with Crippen LogP contribution < -0.4 is 22.1 Å². The molecule has 14 nitrogen and oxygen atoms in total. The Hall–Kier alpha value is -2.36. The van der Waals surface area contributed by atoms with Crippen molar-refractivity contribution in [3.8, 4) is 0 Å². The first-order valence-corrected chi connectivity index (χ1v) is 10.1. The Labute approximate surface area is 184 Å². The minimum atomic E-state index is -2.16. The fraction of sp³-hybridized carbons (Fsp3) is 0.778. The third-order valence-electron chi connectivity index (χ3n) is 4.65. The van der Waals surface area contributed by atoms with Crippen molar-refractivity contribution in [2.45, 2.75) is 75.0 Å². The number of nitrogens with two attached hydrogens (primary N) is 2. The van der Waals surface area contributed by atoms with Crippen molar-refractivity contribution in [1.29, 1.82) is 0 Å². The van der Waals surface area contributed by atoms with Gasteiger partial charge in [0, 0.05) is 13.1 Å². The van der Waals surface area contributed by atoms with Gasteiger partial charge in [-0.3, -0.25) is 19.2 Å². The molecule has 0 saturated heterocycles. The molecular formula is C18H34N4O10. The van der Waals surface area contributed by atoms with Crippen LogP contribution in [0.2, 0.25) is 0 Å². The zero-order chi connectivity index (χ0) is 24.8. The molecule has 0 radical (unpaired) electrons. The molecule has 0 aliphatic rings. The normalized spacial score (nSPS) is 16.8. The highest BCUT2D eigenvalue weighted by Crippen LogP contribution is 2.07. The fourth-order valence-corrected chi connectivity index (χ4v) is 2.54. The van der Waals surface area contributed by atoms with Crippen molar-refractivity contribution < 1.29 is 49.8 Å². The van der Waals surface area contributed by atoms with Crippen LogP contribution >= 0.6 is 0 Å². The lowest BCUT2D eigenvalue weighted by molar-refractivity contribution is -0.155. The monoisotopic (exact) mass is 466 g/mol. The summed E-state index contributed by atoms with van der Waals surface area (Å²) in [6, 6.07) is -2.05. The highest BCUT2D eigenvalue weighted by atomic mass is 16.4. The van der Waals surface area contributed by atoms with Gasteiger partial charge < -0.3 is 52.7 Å². The minimum absolute atomic E-state index is 0.0413. The maximum Gasteiger partial charge on any atom is 0.320 e. The number of unbranched alkanes of at least 4 members (excludes halogenated alkanes) is 2. The Morgan fingerprint density at radius 1 is 0.625 bits per heavy atom. The molecule has 0 aliphatic carbocycles. The van der Waals surface area contributed by atoms with Crippen molar-refractivity contribution in [2.24, 2.45) is 11.5 Å². The van der Waals surface area contributed by atoms with E-state index in [-0.39, 0.29) is 25.9 Å². The van der Waals surface area contributed by atoms with E-state index in [1.165, 1.54) is 0 Å². The molecule has 0 rings (SSSR count). The number of carbonyl (C=O) groups excluding carboxylic acids is 2. The number of carboxylic acid groups (broad SMARTS) is 2. The molecule has 0 fully saturated rings. The van der Waals surface area contributed by atoms with E-state index in [9.17, 15) is 39.6 Å². The van der Waals surface area contributed by atoms with Gasteiger partial charge in [0.05, 0.1) is 0 Å². The summed E-state index contributed by atoms with van der Waals surface area (Å²) in [6.07, 6.45) is -6.76. The maximum atomic E-state index is 11.8. The molecule has 0 saturated carbocycles. The van der Waals surface area contributed by atoms with Gasteiger partial charge in [-0.1, -0.05) is 0 Å². The molecule has 186 valence electrons. The van der Waals surface area contributed by atoms with E-state index in [4.69, 9.17) is 21.7 Å². The number of hydrogen-bond acceptors (Lipinski definition) is 10. The zero-order valence-corrected chi connectivity index (χ0v) is 17.6. The van der Waals surface area contributed by atoms with Gasteiger partial charge in [0.1, 0.15) is 24.3 Å². The fourth-order valence-electron chi connectivity index (χ4n) is 2.54. The van der Waals surface area contributed by atoms with E-state index in [2.05, 4.69) is 10.6 Å². The maximum absolute atomic E-state index is 11.8. The number of hydrogen-bond donors (Lipinski definition) is 10. The van der Waals surface area contributed by atoms with Crippen molar-refractivity contribution in [2.75, 3.05) is 13.1 Å². The molecule has 12 N–H and O–H groups in total. The third kappa shape index (κ3) is 11.3. The largest absolute Gasteiger partial charge is 0.480 e. The number of aliphatic carboxylic acids is 2. The van der Waals surface area contributed by atoms with Crippen LogP contribution in [-0.2, 0) is 19.2 Å². The first-order valence-electron chi connectivity index (χ1n) is 10.1. The zero-order valence-electron chi connectivity index (χ0n) is 17.6. The van der Waals surface area contributed by atoms with E-state index >= 15 is 0 Å². The summed E-state index contributed by atoms with van der Waals surface area (Å²) in [5, 5.41) is 61.3. The standard InChI is InChI=1S/C18H34N4O10/c19-9(17(29)30)5-1-3-7-21-15(27)13(25)11(23)12(24)14(26)16(28)22-8-4-2-6-10(20)18(31)32/h9-14,23-26H,1-8,19-20H2,(H,21,27)(H,22,28)(H,29,30)(H,31,32)/t9-,10-,11-,12-,13-,14+/m0/s1. The van der Waals surface area contributed by atoms with E-state index in [0.717, 1.165) is 0 Å². The quantitative estimate of drug-likeness (QED) is 0.0915. The van der Waals surface area contributed by atoms with Crippen LogP contribution in [0.25, 0.3) is 0 Å². The number of nitrogens with one attached hydrogen (secondary N) is 2. The predicted octanol–water partition coefficient (Wildman–Crippen LogP) is -4.17. The molecule has 0 aliphatic heterocycles. The van der Waals surface area contributed by atoms with Gasteiger partial charge in [-0.25, -0.2) is 0 Å². The van der Waals surface area contributed by atoms with Gasteiger partial charge in [-0.15, -0.1) is 0 Å². The van der Waals surface area contributed by atoms with Gasteiger partial charge in [0.25, 0.3) is 11.8 Å². The number of rotatable bonds is 17. The van der Waals surface area contributed by atoms with Crippen LogP contribution in [0.15, 0.2) is 0 Å². The molecule has 0 aromatic carbocycles. The Bertz CT molecular complexity index is 569. The molecule has 0 heterocycles. The molecule has 0 spiro atoms. The summed E-state index contributed by atoms with van der Waals surface area (Å²) < 4.78 is 0. The van der Waals surface area contributed by atoms with Crippen molar-refractivity contribution in [3.05, 3.63) is 0 Å². The van der Waals surface area contributed by atoms with E-state index in [1.807, 2.05) is 0 Å². The Morgan fingerprint density at radius 2 is 0.938 bits per heavy atom. The summed E-state index contributed by atoms with van der Waals surface area (Å²) in [5.74, 6) is -4.40. The molecule has 6 atom stereocenters. The topological polar surface area (TPSA) is 266 Å². The summed E-state index contributed by atoms with van der Waals surface area (Å²) in [7, 11) is 0. The van der Waals surface area contributed by atoms with Gasteiger partial charge >= 0.3 is 11.9 Å². The second kappa shape index (κ2) is 15.4. The van der Waals surface area contributed by atoms with Crippen LogP contribution in [-0.4, -0.2) is 104 Å². The minimum Gasteiger partial charge on any atom is -0.480 e. The SMILES string of the molecule is N[C@@H](CCCCNC(=O)[C@@H](O)[C@@H](O)[C@H](O)[C@@H](O)C(=O)NCCCC[C@H](N)C(=O)O)C(=O)O. The van der Waals surface area contributed by atoms with Gasteiger partial charge in [0.2, 0.25) is 0 Å². The second-order valence-electron chi connectivity index (χ2n) is 7.33.